The van der Waals surface area contributed by atoms with Crippen LogP contribution < -0.4 is 10.9 Å². The highest BCUT2D eigenvalue weighted by Gasteiger charge is 2.15. The van der Waals surface area contributed by atoms with Crippen molar-refractivity contribution in [3.05, 3.63) is 39.7 Å². The zero-order chi connectivity index (χ0) is 15.6. The number of benzene rings is 1. The van der Waals surface area contributed by atoms with Crippen LogP contribution in [0.4, 0.5) is 0 Å². The quantitative estimate of drug-likeness (QED) is 0.845. The number of hydrogen-bond donors (Lipinski definition) is 2. The number of hydrogen-bond acceptors (Lipinski definition) is 4. The van der Waals surface area contributed by atoms with Crippen LogP contribution in [0.25, 0.3) is 11.0 Å². The fourth-order valence-corrected chi connectivity index (χ4v) is 2.13. The second-order valence-corrected chi connectivity index (χ2v) is 5.55. The van der Waals surface area contributed by atoms with Gasteiger partial charge >= 0.3 is 5.63 Å². The summed E-state index contributed by atoms with van der Waals surface area (Å²) in [5.41, 5.74) is 0.851. The average molecular weight is 289 g/mol. The maximum absolute atomic E-state index is 12.0. The van der Waals surface area contributed by atoms with Gasteiger partial charge in [0.2, 0.25) is 5.91 Å². The zero-order valence-electron chi connectivity index (χ0n) is 12.4. The summed E-state index contributed by atoms with van der Waals surface area (Å²) in [4.78, 5) is 23.9. The lowest BCUT2D eigenvalue weighted by molar-refractivity contribution is -0.120. The van der Waals surface area contributed by atoms with E-state index in [2.05, 4.69) is 5.32 Å². The molecule has 0 bridgehead atoms. The molecule has 2 aromatic rings. The standard InChI is InChI=1S/C16H19NO4/c1-9(2)8-17-15(19)7-13-10(3)12-5-4-11(18)6-14(12)21-16(13)20/h4-6,9,18H,7-8H2,1-3H3,(H,17,19). The third kappa shape index (κ3) is 3.42. The van der Waals surface area contributed by atoms with Crippen molar-refractivity contribution in [2.75, 3.05) is 6.54 Å². The van der Waals surface area contributed by atoms with Gasteiger partial charge in [-0.3, -0.25) is 4.79 Å². The summed E-state index contributed by atoms with van der Waals surface area (Å²) >= 11 is 0. The van der Waals surface area contributed by atoms with E-state index < -0.39 is 5.63 Å². The number of aryl methyl sites for hydroxylation is 1. The first kappa shape index (κ1) is 15.1. The van der Waals surface area contributed by atoms with Crippen LogP contribution in [0.5, 0.6) is 5.75 Å². The molecule has 21 heavy (non-hydrogen) atoms. The second kappa shape index (κ2) is 5.99. The number of aromatic hydroxyl groups is 1. The Hall–Kier alpha value is -2.30. The van der Waals surface area contributed by atoms with E-state index in [0.717, 1.165) is 5.39 Å². The van der Waals surface area contributed by atoms with Gasteiger partial charge in [-0.05, 0) is 30.5 Å². The molecule has 0 fully saturated rings. The van der Waals surface area contributed by atoms with E-state index in [1.54, 1.807) is 13.0 Å². The first-order valence-electron chi connectivity index (χ1n) is 6.90. The number of carbonyl (C=O) groups is 1. The molecular formula is C16H19NO4. The van der Waals surface area contributed by atoms with Gasteiger partial charge in [-0.1, -0.05) is 13.8 Å². The summed E-state index contributed by atoms with van der Waals surface area (Å²) in [6.45, 7) is 6.36. The Morgan fingerprint density at radius 3 is 2.76 bits per heavy atom. The van der Waals surface area contributed by atoms with Crippen molar-refractivity contribution in [2.24, 2.45) is 5.92 Å². The Morgan fingerprint density at radius 1 is 1.38 bits per heavy atom. The lowest BCUT2D eigenvalue weighted by Gasteiger charge is -2.10. The highest BCUT2D eigenvalue weighted by Crippen LogP contribution is 2.23. The van der Waals surface area contributed by atoms with Gasteiger partial charge in [0.15, 0.2) is 0 Å². The molecule has 0 aliphatic carbocycles. The first-order chi connectivity index (χ1) is 9.88. The van der Waals surface area contributed by atoms with Crippen molar-refractivity contribution in [3.63, 3.8) is 0 Å². The van der Waals surface area contributed by atoms with Crippen molar-refractivity contribution in [1.29, 1.82) is 0 Å². The summed E-state index contributed by atoms with van der Waals surface area (Å²) < 4.78 is 5.19. The smallest absolute Gasteiger partial charge is 0.340 e. The normalized spacial score (nSPS) is 11.0. The van der Waals surface area contributed by atoms with Crippen LogP contribution in [-0.4, -0.2) is 17.6 Å². The maximum atomic E-state index is 12.0. The molecule has 1 heterocycles. The summed E-state index contributed by atoms with van der Waals surface area (Å²) in [5.74, 6) is 0.190. The number of phenols is 1. The van der Waals surface area contributed by atoms with Gasteiger partial charge in [-0.15, -0.1) is 0 Å². The molecule has 1 amide bonds. The van der Waals surface area contributed by atoms with Gasteiger partial charge in [-0.25, -0.2) is 4.79 Å². The van der Waals surface area contributed by atoms with Crippen LogP contribution >= 0.6 is 0 Å². The number of carbonyl (C=O) groups excluding carboxylic acids is 1. The van der Waals surface area contributed by atoms with E-state index in [4.69, 9.17) is 4.42 Å². The molecule has 0 aliphatic rings. The van der Waals surface area contributed by atoms with Gasteiger partial charge in [0, 0.05) is 18.0 Å². The number of phenolic OH excluding ortho intramolecular Hbond substituents is 1. The first-order valence-corrected chi connectivity index (χ1v) is 6.90. The Bertz CT molecular complexity index is 731. The van der Waals surface area contributed by atoms with E-state index in [9.17, 15) is 14.7 Å². The molecule has 0 radical (unpaired) electrons. The Kier molecular flexibility index (Phi) is 4.31. The molecule has 0 spiro atoms. The van der Waals surface area contributed by atoms with Crippen molar-refractivity contribution >= 4 is 16.9 Å². The lowest BCUT2D eigenvalue weighted by Crippen LogP contribution is -2.30. The topological polar surface area (TPSA) is 79.5 Å². The summed E-state index contributed by atoms with van der Waals surface area (Å²) in [5, 5.41) is 12.9. The number of fused-ring (bicyclic) bond motifs is 1. The SMILES string of the molecule is Cc1c(CC(=O)NCC(C)C)c(=O)oc2cc(O)ccc12. The van der Waals surface area contributed by atoms with Crippen LogP contribution in [0, 0.1) is 12.8 Å². The molecular weight excluding hydrogens is 270 g/mol. The predicted molar refractivity (Wildman–Crippen MR) is 80.4 cm³/mol. The maximum Gasteiger partial charge on any atom is 0.340 e. The average Bonchev–Trinajstić information content (AvgIpc) is 2.40. The molecule has 0 unspecified atom stereocenters. The molecule has 0 saturated carbocycles. The Balaban J connectivity index is 2.34. The van der Waals surface area contributed by atoms with Crippen LogP contribution in [-0.2, 0) is 11.2 Å². The predicted octanol–water partition coefficient (Wildman–Crippen LogP) is 2.12. The molecule has 112 valence electrons. The summed E-state index contributed by atoms with van der Waals surface area (Å²) in [6.07, 6.45) is -0.00228. The molecule has 1 aromatic heterocycles. The van der Waals surface area contributed by atoms with E-state index in [1.165, 1.54) is 12.1 Å². The minimum atomic E-state index is -0.537. The second-order valence-electron chi connectivity index (χ2n) is 5.55. The minimum absolute atomic E-state index is 0.00228. The van der Waals surface area contributed by atoms with Gasteiger partial charge in [-0.2, -0.15) is 0 Å². The number of amides is 1. The molecule has 0 atom stereocenters. The fraction of sp³-hybridized carbons (Fsp3) is 0.375. The molecule has 2 rings (SSSR count). The van der Waals surface area contributed by atoms with Crippen molar-refractivity contribution in [2.45, 2.75) is 27.2 Å². The number of nitrogens with one attached hydrogen (secondary N) is 1. The van der Waals surface area contributed by atoms with Crippen molar-refractivity contribution in [1.82, 2.24) is 5.32 Å². The van der Waals surface area contributed by atoms with Gasteiger partial charge in [0.05, 0.1) is 12.0 Å². The Labute approximate surface area is 122 Å². The molecule has 5 heteroatoms. The minimum Gasteiger partial charge on any atom is -0.508 e. The third-order valence-corrected chi connectivity index (χ3v) is 3.32. The van der Waals surface area contributed by atoms with E-state index >= 15 is 0 Å². The highest BCUT2D eigenvalue weighted by atomic mass is 16.4. The number of rotatable bonds is 4. The van der Waals surface area contributed by atoms with Crippen LogP contribution in [0.1, 0.15) is 25.0 Å². The van der Waals surface area contributed by atoms with Crippen molar-refractivity contribution in [3.8, 4) is 5.75 Å². The lowest BCUT2D eigenvalue weighted by atomic mass is 10.0. The van der Waals surface area contributed by atoms with Crippen LogP contribution in [0.3, 0.4) is 0 Å². The largest absolute Gasteiger partial charge is 0.508 e. The fourth-order valence-electron chi connectivity index (χ4n) is 2.13. The zero-order valence-corrected chi connectivity index (χ0v) is 12.4. The molecule has 0 aliphatic heterocycles. The Morgan fingerprint density at radius 2 is 2.10 bits per heavy atom. The molecule has 2 N–H and O–H groups in total. The summed E-state index contributed by atoms with van der Waals surface area (Å²) in [7, 11) is 0. The highest BCUT2D eigenvalue weighted by molar-refractivity contribution is 5.85. The molecule has 1 aromatic carbocycles. The molecule has 0 saturated heterocycles. The van der Waals surface area contributed by atoms with E-state index in [1.807, 2.05) is 13.8 Å². The van der Waals surface area contributed by atoms with Gasteiger partial charge in [0.1, 0.15) is 11.3 Å². The van der Waals surface area contributed by atoms with Crippen molar-refractivity contribution < 1.29 is 14.3 Å². The van der Waals surface area contributed by atoms with Gasteiger partial charge < -0.3 is 14.8 Å². The van der Waals surface area contributed by atoms with E-state index in [-0.39, 0.29) is 18.1 Å². The van der Waals surface area contributed by atoms with E-state index in [0.29, 0.717) is 29.2 Å². The van der Waals surface area contributed by atoms with Crippen LogP contribution in [0.15, 0.2) is 27.4 Å². The molecule has 5 nitrogen and oxygen atoms in total. The summed E-state index contributed by atoms with van der Waals surface area (Å²) in [6, 6.07) is 4.60. The third-order valence-electron chi connectivity index (χ3n) is 3.32. The van der Waals surface area contributed by atoms with Crippen LogP contribution in [0.2, 0.25) is 0 Å². The van der Waals surface area contributed by atoms with Gasteiger partial charge in [0.25, 0.3) is 0 Å². The monoisotopic (exact) mass is 289 g/mol.